The predicted molar refractivity (Wildman–Crippen MR) is 126 cm³/mol. The average molecular weight is 579 g/mol. The van der Waals surface area contributed by atoms with Gasteiger partial charge in [0.1, 0.15) is 23.1 Å². The van der Waals surface area contributed by atoms with E-state index < -0.39 is 76.0 Å². The highest BCUT2D eigenvalue weighted by Crippen LogP contribution is 2.58. The summed E-state index contributed by atoms with van der Waals surface area (Å²) in [5.41, 5.74) is -4.74. The maximum atomic E-state index is 15.6. The fourth-order valence-electron chi connectivity index (χ4n) is 5.20. The highest BCUT2D eigenvalue weighted by Gasteiger charge is 2.72. The summed E-state index contributed by atoms with van der Waals surface area (Å²) in [6, 6.07) is -1.97. The standard InChI is InChI=1S/C25H21Cl2F5N2O4/c1-23(2,3)10-18-24(11-33,15-6-4-13(27)9-17(15)29)19(14-8-12(26)5-7-16(14)28)20(21(35)36)34(18)25(30,31)22(37)38-32/h4-9,18-20H,10H2,1-3H3,(H,35,36)/t18-,19-,20+,24-/m0/s1. The summed E-state index contributed by atoms with van der Waals surface area (Å²) >= 11 is 11.9. The van der Waals surface area contributed by atoms with Gasteiger partial charge in [-0.15, -0.1) is 0 Å². The van der Waals surface area contributed by atoms with Crippen LogP contribution in [-0.2, 0) is 19.9 Å². The molecule has 2 aromatic rings. The summed E-state index contributed by atoms with van der Waals surface area (Å²) < 4.78 is 74.9. The van der Waals surface area contributed by atoms with Crippen molar-refractivity contribution in [2.24, 2.45) is 5.41 Å². The number of carbonyl (C=O) groups is 2. The molecule has 0 amide bonds. The second kappa shape index (κ2) is 10.3. The summed E-state index contributed by atoms with van der Waals surface area (Å²) in [6.45, 7) is 4.67. The van der Waals surface area contributed by atoms with E-state index in [-0.39, 0.29) is 14.9 Å². The molecule has 6 nitrogen and oxygen atoms in total. The van der Waals surface area contributed by atoms with Crippen LogP contribution in [0.15, 0.2) is 36.4 Å². The topological polar surface area (TPSA) is 90.6 Å². The van der Waals surface area contributed by atoms with Crippen LogP contribution in [0.3, 0.4) is 0 Å². The molecule has 3 rings (SSSR count). The molecule has 1 N–H and O–H groups in total. The quantitative estimate of drug-likeness (QED) is 0.314. The van der Waals surface area contributed by atoms with E-state index in [9.17, 15) is 24.5 Å². The second-order valence-corrected chi connectivity index (χ2v) is 11.0. The zero-order valence-corrected chi connectivity index (χ0v) is 21.6. The monoisotopic (exact) mass is 578 g/mol. The maximum Gasteiger partial charge on any atom is 0.434 e. The number of rotatable bonds is 6. The van der Waals surface area contributed by atoms with Crippen LogP contribution in [0, 0.1) is 28.4 Å². The fraction of sp³-hybridized carbons (Fsp3) is 0.400. The van der Waals surface area contributed by atoms with Crippen LogP contribution in [0.25, 0.3) is 0 Å². The van der Waals surface area contributed by atoms with Gasteiger partial charge in [-0.05, 0) is 47.7 Å². The molecule has 0 aliphatic carbocycles. The third-order valence-corrected chi connectivity index (χ3v) is 6.99. The van der Waals surface area contributed by atoms with E-state index >= 15 is 17.6 Å². The van der Waals surface area contributed by atoms with Gasteiger partial charge >= 0.3 is 18.0 Å². The zero-order chi connectivity index (χ0) is 28.8. The summed E-state index contributed by atoms with van der Waals surface area (Å²) in [4.78, 5) is 27.2. The minimum atomic E-state index is -4.98. The Balaban J connectivity index is 2.58. The Morgan fingerprint density at radius 1 is 1.11 bits per heavy atom. The number of hydrogen-bond donors (Lipinski definition) is 1. The number of nitrogens with zero attached hydrogens (tertiary/aromatic N) is 2. The lowest BCUT2D eigenvalue weighted by atomic mass is 9.62. The van der Waals surface area contributed by atoms with E-state index in [0.717, 1.165) is 36.4 Å². The Morgan fingerprint density at radius 3 is 2.18 bits per heavy atom. The number of carboxylic acid groups (broad SMARTS) is 1. The molecule has 0 saturated carbocycles. The molecule has 13 heteroatoms. The first kappa shape index (κ1) is 29.6. The number of carboxylic acids is 1. The minimum absolute atomic E-state index is 0.131. The fourth-order valence-corrected chi connectivity index (χ4v) is 5.54. The summed E-state index contributed by atoms with van der Waals surface area (Å²) in [5.74, 6) is -9.17. The minimum Gasteiger partial charge on any atom is -0.480 e. The molecule has 2 aromatic carbocycles. The van der Waals surface area contributed by atoms with Crippen molar-refractivity contribution in [2.45, 2.75) is 56.7 Å². The number of likely N-dealkylation sites (tertiary alicyclic amines) is 1. The molecule has 1 saturated heterocycles. The molecule has 0 bridgehead atoms. The first-order chi connectivity index (χ1) is 17.5. The normalized spacial score (nSPS) is 24.2. The first-order valence-electron chi connectivity index (χ1n) is 11.1. The van der Waals surface area contributed by atoms with Crippen LogP contribution in [0.2, 0.25) is 10.0 Å². The lowest BCUT2D eigenvalue weighted by molar-refractivity contribution is -0.245. The molecule has 0 radical (unpaired) electrons. The van der Waals surface area contributed by atoms with Gasteiger partial charge in [0, 0.05) is 32.1 Å². The average Bonchev–Trinajstić information content (AvgIpc) is 3.10. The Labute approximate surface area is 224 Å². The first-order valence-corrected chi connectivity index (χ1v) is 11.8. The van der Waals surface area contributed by atoms with Gasteiger partial charge < -0.3 is 5.11 Å². The SMILES string of the molecule is CC(C)(C)C[C@@H]1N(C(F)(F)C(=O)OF)[C@@H](C(=O)O)[C@H](c2cc(Cl)ccc2F)[C@@]1(C#N)c1ccc(Cl)cc1F. The molecule has 0 unspecified atom stereocenters. The number of hydrogen-bond acceptors (Lipinski definition) is 5. The number of aliphatic carboxylic acids is 1. The van der Waals surface area contributed by atoms with E-state index in [1.165, 1.54) is 0 Å². The van der Waals surface area contributed by atoms with Gasteiger partial charge in [-0.3, -0.25) is 4.79 Å². The Hall–Kier alpha value is -2.94. The Morgan fingerprint density at radius 2 is 1.68 bits per heavy atom. The largest absolute Gasteiger partial charge is 0.480 e. The highest BCUT2D eigenvalue weighted by atomic mass is 35.5. The van der Waals surface area contributed by atoms with Crippen molar-refractivity contribution < 1.29 is 41.7 Å². The highest BCUT2D eigenvalue weighted by molar-refractivity contribution is 6.30. The molecule has 1 aliphatic heterocycles. The van der Waals surface area contributed by atoms with Crippen molar-refractivity contribution in [1.29, 1.82) is 5.26 Å². The summed E-state index contributed by atoms with van der Waals surface area (Å²) in [7, 11) is 0. The molecule has 38 heavy (non-hydrogen) atoms. The van der Waals surface area contributed by atoms with Gasteiger partial charge in [0.15, 0.2) is 0 Å². The van der Waals surface area contributed by atoms with Gasteiger partial charge in [0.25, 0.3) is 0 Å². The molecule has 1 heterocycles. The molecule has 1 fully saturated rings. The summed E-state index contributed by atoms with van der Waals surface area (Å²) in [6.07, 6.45) is -0.458. The van der Waals surface area contributed by atoms with Crippen LogP contribution in [-0.4, -0.2) is 40.1 Å². The molecule has 1 aliphatic rings. The van der Waals surface area contributed by atoms with Crippen LogP contribution in [0.5, 0.6) is 0 Å². The van der Waals surface area contributed by atoms with E-state index in [2.05, 4.69) is 4.94 Å². The predicted octanol–water partition coefficient (Wildman–Crippen LogP) is 6.41. The molecular weight excluding hydrogens is 558 g/mol. The van der Waals surface area contributed by atoms with Gasteiger partial charge in [0.2, 0.25) is 0 Å². The van der Waals surface area contributed by atoms with E-state index in [4.69, 9.17) is 23.2 Å². The number of carbonyl (C=O) groups excluding carboxylic acids is 1. The molecule has 0 spiro atoms. The van der Waals surface area contributed by atoms with Crippen molar-refractivity contribution in [3.8, 4) is 6.07 Å². The number of nitriles is 1. The molecular formula is C25H21Cl2F5N2O4. The van der Waals surface area contributed by atoms with Crippen molar-refractivity contribution >= 4 is 35.1 Å². The Bertz CT molecular complexity index is 1310. The summed E-state index contributed by atoms with van der Waals surface area (Å²) in [5, 5.41) is 20.6. The lowest BCUT2D eigenvalue weighted by Gasteiger charge is -2.40. The molecule has 204 valence electrons. The van der Waals surface area contributed by atoms with Crippen LogP contribution < -0.4 is 0 Å². The van der Waals surface area contributed by atoms with E-state index in [0.29, 0.717) is 0 Å². The van der Waals surface area contributed by atoms with Crippen LogP contribution >= 0.6 is 23.2 Å². The van der Waals surface area contributed by atoms with E-state index in [1.54, 1.807) is 26.8 Å². The van der Waals surface area contributed by atoms with Gasteiger partial charge in [0.05, 0.1) is 6.07 Å². The second-order valence-electron chi connectivity index (χ2n) is 10.1. The van der Waals surface area contributed by atoms with Gasteiger partial charge in [-0.2, -0.15) is 14.0 Å². The zero-order valence-electron chi connectivity index (χ0n) is 20.1. The molecule has 4 atom stereocenters. The Kier molecular flexibility index (Phi) is 8.04. The molecule has 0 aromatic heterocycles. The lowest BCUT2D eigenvalue weighted by Crippen LogP contribution is -2.58. The smallest absolute Gasteiger partial charge is 0.434 e. The maximum absolute atomic E-state index is 15.6. The van der Waals surface area contributed by atoms with Gasteiger partial charge in [-0.1, -0.05) is 50.0 Å². The van der Waals surface area contributed by atoms with Crippen molar-refractivity contribution in [3.05, 3.63) is 69.2 Å². The third-order valence-electron chi connectivity index (χ3n) is 6.52. The third kappa shape index (κ3) is 4.93. The van der Waals surface area contributed by atoms with Crippen molar-refractivity contribution in [3.63, 3.8) is 0 Å². The number of halogens is 7. The number of benzene rings is 2. The van der Waals surface area contributed by atoms with E-state index in [1.807, 2.05) is 0 Å². The van der Waals surface area contributed by atoms with Crippen molar-refractivity contribution in [2.75, 3.05) is 0 Å². The van der Waals surface area contributed by atoms with Crippen LogP contribution in [0.1, 0.15) is 44.2 Å². The van der Waals surface area contributed by atoms with Gasteiger partial charge in [-0.25, -0.2) is 23.4 Å². The van der Waals surface area contributed by atoms with Crippen LogP contribution in [0.4, 0.5) is 22.1 Å². The van der Waals surface area contributed by atoms with Crippen molar-refractivity contribution in [1.82, 2.24) is 4.90 Å². The number of alkyl halides is 2.